The second kappa shape index (κ2) is 7.94. The molecule has 0 spiro atoms. The van der Waals surface area contributed by atoms with E-state index in [0.717, 1.165) is 5.69 Å². The van der Waals surface area contributed by atoms with Crippen LogP contribution in [0.4, 0.5) is 0 Å². The Balaban J connectivity index is 1.59. The number of aromatic nitrogens is 2. The van der Waals surface area contributed by atoms with Gasteiger partial charge in [0, 0.05) is 12.7 Å². The Hall–Kier alpha value is -2.67. The number of para-hydroxylation sites is 2. The van der Waals surface area contributed by atoms with E-state index in [9.17, 15) is 4.79 Å². The van der Waals surface area contributed by atoms with Gasteiger partial charge in [0.25, 0.3) is 5.91 Å². The Bertz CT molecular complexity index is 721. The first kappa shape index (κ1) is 17.2. The highest BCUT2D eigenvalue weighted by Gasteiger charge is 2.26. The SMILES string of the molecule is COc1ccccc1OCC1CN(C(=O)c2cnc(C)cn2)CCO1. The number of carbonyl (C=O) groups is 1. The minimum atomic E-state index is -0.207. The van der Waals surface area contributed by atoms with E-state index in [1.807, 2.05) is 31.2 Å². The van der Waals surface area contributed by atoms with E-state index >= 15 is 0 Å². The van der Waals surface area contributed by atoms with Gasteiger partial charge < -0.3 is 19.1 Å². The Morgan fingerprint density at radius 2 is 2.08 bits per heavy atom. The standard InChI is InChI=1S/C18H21N3O4/c1-13-9-20-15(10-19-13)18(22)21-7-8-24-14(11-21)12-25-17-6-4-3-5-16(17)23-2/h3-6,9-10,14H,7-8,11-12H2,1-2H3. The summed E-state index contributed by atoms with van der Waals surface area (Å²) in [5.41, 5.74) is 1.12. The molecule has 0 bridgehead atoms. The minimum Gasteiger partial charge on any atom is -0.493 e. The number of nitrogens with zero attached hydrogens (tertiary/aromatic N) is 3. The summed E-state index contributed by atoms with van der Waals surface area (Å²) in [6.07, 6.45) is 2.89. The van der Waals surface area contributed by atoms with Gasteiger partial charge in [-0.2, -0.15) is 0 Å². The maximum absolute atomic E-state index is 12.5. The summed E-state index contributed by atoms with van der Waals surface area (Å²) >= 11 is 0. The lowest BCUT2D eigenvalue weighted by molar-refractivity contribution is -0.0405. The number of rotatable bonds is 5. The van der Waals surface area contributed by atoms with Crippen LogP contribution >= 0.6 is 0 Å². The molecule has 132 valence electrons. The van der Waals surface area contributed by atoms with Crippen LogP contribution in [0.15, 0.2) is 36.7 Å². The van der Waals surface area contributed by atoms with Crippen LogP contribution in [0.3, 0.4) is 0 Å². The molecule has 2 heterocycles. The van der Waals surface area contributed by atoms with Crippen LogP contribution in [0.5, 0.6) is 11.5 Å². The quantitative estimate of drug-likeness (QED) is 0.823. The van der Waals surface area contributed by atoms with Crippen LogP contribution in [-0.2, 0) is 4.74 Å². The molecule has 7 heteroatoms. The van der Waals surface area contributed by atoms with Gasteiger partial charge >= 0.3 is 0 Å². The number of aryl methyl sites for hydroxylation is 1. The Morgan fingerprint density at radius 1 is 1.28 bits per heavy atom. The molecule has 2 aromatic rings. The van der Waals surface area contributed by atoms with Crippen molar-refractivity contribution in [1.82, 2.24) is 14.9 Å². The number of carbonyl (C=O) groups excluding carboxylic acids is 1. The number of benzene rings is 1. The lowest BCUT2D eigenvalue weighted by Gasteiger charge is -2.32. The zero-order chi connectivity index (χ0) is 17.6. The summed E-state index contributed by atoms with van der Waals surface area (Å²) in [5, 5.41) is 0. The van der Waals surface area contributed by atoms with Crippen molar-refractivity contribution in [3.63, 3.8) is 0 Å². The van der Waals surface area contributed by atoms with Gasteiger partial charge in [0.2, 0.25) is 0 Å². The molecule has 1 fully saturated rings. The van der Waals surface area contributed by atoms with E-state index in [0.29, 0.717) is 43.5 Å². The molecule has 0 saturated carbocycles. The number of amides is 1. The van der Waals surface area contributed by atoms with Crippen LogP contribution in [0.2, 0.25) is 0 Å². The number of hydrogen-bond donors (Lipinski definition) is 0. The second-order valence-corrected chi connectivity index (χ2v) is 5.75. The maximum atomic E-state index is 12.5. The molecule has 1 amide bonds. The zero-order valence-corrected chi connectivity index (χ0v) is 14.3. The van der Waals surface area contributed by atoms with Crippen LogP contribution in [-0.4, -0.2) is 60.3 Å². The summed E-state index contributed by atoms with van der Waals surface area (Å²) < 4.78 is 16.8. The minimum absolute atomic E-state index is 0.141. The van der Waals surface area contributed by atoms with E-state index < -0.39 is 0 Å². The Morgan fingerprint density at radius 3 is 2.80 bits per heavy atom. The predicted molar refractivity (Wildman–Crippen MR) is 90.9 cm³/mol. The third kappa shape index (κ3) is 4.24. The highest BCUT2D eigenvalue weighted by atomic mass is 16.5. The third-order valence-corrected chi connectivity index (χ3v) is 3.92. The average molecular weight is 343 g/mol. The highest BCUT2D eigenvalue weighted by Crippen LogP contribution is 2.26. The summed E-state index contributed by atoms with van der Waals surface area (Å²) in [6.45, 7) is 3.61. The largest absolute Gasteiger partial charge is 0.493 e. The molecular weight excluding hydrogens is 322 g/mol. The fourth-order valence-corrected chi connectivity index (χ4v) is 2.59. The zero-order valence-electron chi connectivity index (χ0n) is 14.3. The molecule has 1 aromatic heterocycles. The first-order valence-corrected chi connectivity index (χ1v) is 8.12. The predicted octanol–water partition coefficient (Wildman–Crippen LogP) is 1.71. The van der Waals surface area contributed by atoms with Crippen molar-refractivity contribution in [2.45, 2.75) is 13.0 Å². The Labute approximate surface area is 146 Å². The molecule has 25 heavy (non-hydrogen) atoms. The average Bonchev–Trinajstić information content (AvgIpc) is 2.67. The molecular formula is C18H21N3O4. The van der Waals surface area contributed by atoms with Crippen molar-refractivity contribution in [3.05, 3.63) is 48.0 Å². The number of ether oxygens (including phenoxy) is 3. The van der Waals surface area contributed by atoms with Crippen molar-refractivity contribution >= 4 is 5.91 Å². The monoisotopic (exact) mass is 343 g/mol. The van der Waals surface area contributed by atoms with Crippen LogP contribution in [0, 0.1) is 6.92 Å². The fraction of sp³-hybridized carbons (Fsp3) is 0.389. The molecule has 1 atom stereocenters. The maximum Gasteiger partial charge on any atom is 0.274 e. The van der Waals surface area contributed by atoms with E-state index in [1.165, 1.54) is 6.20 Å². The summed E-state index contributed by atoms with van der Waals surface area (Å²) in [7, 11) is 1.60. The molecule has 0 aliphatic carbocycles. The molecule has 3 rings (SSSR count). The van der Waals surface area contributed by atoms with Crippen molar-refractivity contribution < 1.29 is 19.0 Å². The normalized spacial score (nSPS) is 17.2. The summed E-state index contributed by atoms with van der Waals surface area (Å²) in [4.78, 5) is 22.5. The smallest absolute Gasteiger partial charge is 0.274 e. The van der Waals surface area contributed by atoms with Gasteiger partial charge in [-0.3, -0.25) is 9.78 Å². The molecule has 1 aliphatic rings. The number of morpholine rings is 1. The molecule has 1 unspecified atom stereocenters. The second-order valence-electron chi connectivity index (χ2n) is 5.75. The van der Waals surface area contributed by atoms with Gasteiger partial charge in [-0.25, -0.2) is 4.98 Å². The molecule has 0 N–H and O–H groups in total. The molecule has 7 nitrogen and oxygen atoms in total. The van der Waals surface area contributed by atoms with Gasteiger partial charge in [-0.15, -0.1) is 0 Å². The molecule has 1 aliphatic heterocycles. The van der Waals surface area contributed by atoms with E-state index in [-0.39, 0.29) is 12.0 Å². The van der Waals surface area contributed by atoms with Crippen molar-refractivity contribution in [1.29, 1.82) is 0 Å². The topological polar surface area (TPSA) is 73.8 Å². The van der Waals surface area contributed by atoms with Crippen molar-refractivity contribution in [2.75, 3.05) is 33.4 Å². The van der Waals surface area contributed by atoms with Gasteiger partial charge in [0.05, 0.1) is 32.2 Å². The lowest BCUT2D eigenvalue weighted by atomic mass is 10.2. The van der Waals surface area contributed by atoms with E-state index in [2.05, 4.69) is 9.97 Å². The van der Waals surface area contributed by atoms with Crippen LogP contribution < -0.4 is 9.47 Å². The fourth-order valence-electron chi connectivity index (χ4n) is 2.59. The number of methoxy groups -OCH3 is 1. The first-order valence-electron chi connectivity index (χ1n) is 8.12. The van der Waals surface area contributed by atoms with Crippen LogP contribution in [0.25, 0.3) is 0 Å². The summed E-state index contributed by atoms with van der Waals surface area (Å²) in [6, 6.07) is 7.44. The summed E-state index contributed by atoms with van der Waals surface area (Å²) in [5.74, 6) is 1.18. The van der Waals surface area contributed by atoms with E-state index in [4.69, 9.17) is 14.2 Å². The van der Waals surface area contributed by atoms with Gasteiger partial charge in [-0.1, -0.05) is 12.1 Å². The first-order chi connectivity index (χ1) is 12.2. The third-order valence-electron chi connectivity index (χ3n) is 3.92. The molecule has 1 saturated heterocycles. The van der Waals surface area contributed by atoms with Crippen molar-refractivity contribution in [3.8, 4) is 11.5 Å². The number of hydrogen-bond acceptors (Lipinski definition) is 6. The van der Waals surface area contributed by atoms with Crippen LogP contribution in [0.1, 0.15) is 16.2 Å². The highest BCUT2D eigenvalue weighted by molar-refractivity contribution is 5.92. The molecule has 1 aromatic carbocycles. The lowest BCUT2D eigenvalue weighted by Crippen LogP contribution is -2.47. The van der Waals surface area contributed by atoms with Gasteiger partial charge in [0.15, 0.2) is 11.5 Å². The van der Waals surface area contributed by atoms with Gasteiger partial charge in [-0.05, 0) is 19.1 Å². The Kier molecular flexibility index (Phi) is 5.45. The molecule has 0 radical (unpaired) electrons. The van der Waals surface area contributed by atoms with E-state index in [1.54, 1.807) is 18.2 Å². The van der Waals surface area contributed by atoms with Crippen molar-refractivity contribution in [2.24, 2.45) is 0 Å². The van der Waals surface area contributed by atoms with Gasteiger partial charge in [0.1, 0.15) is 18.4 Å².